The Morgan fingerprint density at radius 2 is 0.974 bits per heavy atom. The highest BCUT2D eigenvalue weighted by atomic mass is 127. The van der Waals surface area contributed by atoms with E-state index in [-0.39, 0.29) is 0 Å². The minimum absolute atomic E-state index is 1.18. The van der Waals surface area contributed by atoms with E-state index in [0.29, 0.717) is 0 Å². The van der Waals surface area contributed by atoms with Gasteiger partial charge in [0.15, 0.2) is 0 Å². The van der Waals surface area contributed by atoms with Crippen molar-refractivity contribution >= 4 is 170 Å². The predicted octanol–water partition coefficient (Wildman–Crippen LogP) is 11.3. The van der Waals surface area contributed by atoms with Crippen molar-refractivity contribution in [1.82, 2.24) is 0 Å². The van der Waals surface area contributed by atoms with Crippen LogP contribution >= 0.6 is 139 Å². The van der Waals surface area contributed by atoms with Crippen LogP contribution in [0.2, 0.25) is 0 Å². The number of benzene rings is 3. The predicted molar refractivity (Wildman–Crippen MR) is 210 cm³/mol. The first-order valence-corrected chi connectivity index (χ1v) is 23.4. The van der Waals surface area contributed by atoms with Gasteiger partial charge in [0.1, 0.15) is 0 Å². The molecule has 0 spiro atoms. The SMILES string of the molecule is Ic1ccc2c3sc4c(c(I)c5ccccc5c42)SCCSCCSCCSCCSCCSCCSc13. The molecule has 0 saturated carbocycles. The smallest absolute Gasteiger partial charge is 0.0508 e. The van der Waals surface area contributed by atoms with Crippen molar-refractivity contribution in [2.45, 2.75) is 9.79 Å². The van der Waals surface area contributed by atoms with Crippen LogP contribution in [-0.2, 0) is 0 Å². The van der Waals surface area contributed by atoms with Crippen LogP contribution in [0.5, 0.6) is 0 Å². The molecular weight excluding hydrogens is 847 g/mol. The Morgan fingerprint density at radius 1 is 0.474 bits per heavy atom. The average molecular weight is 877 g/mol. The van der Waals surface area contributed by atoms with Gasteiger partial charge in [0.05, 0.1) is 9.40 Å². The Labute approximate surface area is 288 Å². The van der Waals surface area contributed by atoms with Gasteiger partial charge in [-0.15, -0.1) is 34.9 Å². The van der Waals surface area contributed by atoms with Crippen LogP contribution in [-0.4, -0.2) is 69.0 Å². The van der Waals surface area contributed by atoms with Crippen molar-refractivity contribution in [3.8, 4) is 0 Å². The minimum Gasteiger partial charge on any atom is -0.160 e. The first-order valence-electron chi connectivity index (χ1n) is 12.6. The third kappa shape index (κ3) is 8.15. The summed E-state index contributed by atoms with van der Waals surface area (Å²) in [5, 5.41) is 5.74. The van der Waals surface area contributed by atoms with Gasteiger partial charge in [-0.2, -0.15) is 58.8 Å². The van der Waals surface area contributed by atoms with E-state index in [9.17, 15) is 0 Å². The molecule has 0 atom stereocenters. The topological polar surface area (TPSA) is 0 Å². The molecular formula is C28H30I2S8. The second-order valence-corrected chi connectivity index (χ2v) is 20.1. The maximum atomic E-state index is 2.62. The zero-order valence-corrected chi connectivity index (χ0v) is 31.8. The molecule has 0 fully saturated rings. The first-order chi connectivity index (χ1) is 18.8. The summed E-state index contributed by atoms with van der Waals surface area (Å²) < 4.78 is 5.81. The lowest BCUT2D eigenvalue weighted by Crippen LogP contribution is -1.95. The molecule has 38 heavy (non-hydrogen) atoms. The van der Waals surface area contributed by atoms with Gasteiger partial charge in [-0.1, -0.05) is 30.3 Å². The van der Waals surface area contributed by atoms with Crippen LogP contribution < -0.4 is 0 Å². The van der Waals surface area contributed by atoms with Crippen molar-refractivity contribution in [3.05, 3.63) is 43.5 Å². The van der Waals surface area contributed by atoms with E-state index in [4.69, 9.17) is 0 Å². The highest BCUT2D eigenvalue weighted by Gasteiger charge is 2.20. The van der Waals surface area contributed by atoms with Crippen LogP contribution in [0.4, 0.5) is 0 Å². The van der Waals surface area contributed by atoms with Crippen molar-refractivity contribution in [2.24, 2.45) is 0 Å². The summed E-state index contributed by atoms with van der Waals surface area (Å²) in [5.74, 6) is 15.2. The third-order valence-corrected chi connectivity index (χ3v) is 19.0. The molecule has 4 aromatic rings. The van der Waals surface area contributed by atoms with Crippen molar-refractivity contribution < 1.29 is 0 Å². The molecule has 1 aromatic heterocycles. The molecule has 0 nitrogen and oxygen atoms in total. The molecule has 10 heteroatoms. The summed E-state index contributed by atoms with van der Waals surface area (Å²) in [7, 11) is 0. The first kappa shape index (κ1) is 31.5. The molecule has 1 aliphatic rings. The number of rotatable bonds is 0. The quantitative estimate of drug-likeness (QED) is 0.159. The Morgan fingerprint density at radius 3 is 1.55 bits per heavy atom. The number of hydrogen-bond acceptors (Lipinski definition) is 8. The summed E-state index contributed by atoms with van der Waals surface area (Å²) in [5.41, 5.74) is 0. The summed E-state index contributed by atoms with van der Waals surface area (Å²) in [6.45, 7) is 0. The van der Waals surface area contributed by atoms with E-state index in [0.717, 1.165) is 0 Å². The van der Waals surface area contributed by atoms with Gasteiger partial charge in [0.2, 0.25) is 0 Å². The second kappa shape index (κ2) is 16.8. The molecule has 0 amide bonds. The lowest BCUT2D eigenvalue weighted by atomic mass is 10.0. The van der Waals surface area contributed by atoms with E-state index in [2.05, 4.69) is 164 Å². The van der Waals surface area contributed by atoms with Gasteiger partial charge in [0, 0.05) is 96.7 Å². The fourth-order valence-electron chi connectivity index (χ4n) is 4.30. The lowest BCUT2D eigenvalue weighted by Gasteiger charge is -2.11. The van der Waals surface area contributed by atoms with Crippen LogP contribution in [0.3, 0.4) is 0 Å². The van der Waals surface area contributed by atoms with E-state index in [1.54, 1.807) is 0 Å². The summed E-state index contributed by atoms with van der Waals surface area (Å²) in [4.78, 5) is 3.00. The summed E-state index contributed by atoms with van der Waals surface area (Å²) in [6, 6.07) is 13.8. The zero-order valence-electron chi connectivity index (χ0n) is 21.0. The van der Waals surface area contributed by atoms with Gasteiger partial charge >= 0.3 is 0 Å². The molecule has 0 saturated heterocycles. The molecule has 1 aliphatic heterocycles. The van der Waals surface area contributed by atoms with Crippen LogP contribution in [0, 0.1) is 7.14 Å². The highest BCUT2D eigenvalue weighted by Crippen LogP contribution is 2.49. The number of hydrogen-bond donors (Lipinski definition) is 0. The maximum Gasteiger partial charge on any atom is 0.0508 e. The fraction of sp³-hybridized carbons (Fsp3) is 0.429. The van der Waals surface area contributed by atoms with E-state index in [1.807, 2.05) is 11.3 Å². The van der Waals surface area contributed by atoms with Gasteiger partial charge < -0.3 is 0 Å². The maximum absolute atomic E-state index is 2.62. The summed E-state index contributed by atoms with van der Waals surface area (Å²) in [6.07, 6.45) is 0. The molecule has 2 heterocycles. The van der Waals surface area contributed by atoms with Crippen LogP contribution in [0.15, 0.2) is 46.2 Å². The molecule has 0 N–H and O–H groups in total. The molecule has 3 aromatic carbocycles. The van der Waals surface area contributed by atoms with Crippen molar-refractivity contribution in [2.75, 3.05) is 69.0 Å². The van der Waals surface area contributed by atoms with Crippen molar-refractivity contribution in [3.63, 3.8) is 0 Å². The van der Waals surface area contributed by atoms with Crippen LogP contribution in [0.1, 0.15) is 0 Å². The van der Waals surface area contributed by atoms with E-state index >= 15 is 0 Å². The largest absolute Gasteiger partial charge is 0.160 e. The standard InChI is InChI=1S/C28H30I2S8/c29-22-6-5-21-23-19-3-1-2-4-20(19)24(30)28-27(23)38-25(21)26(22)36-17-15-34-13-11-32-9-7-31-8-10-33-12-14-35-16-18-37-28/h1-6H,7-18H2. The Bertz CT molecular complexity index is 1360. The third-order valence-electron chi connectivity index (χ3n) is 6.04. The van der Waals surface area contributed by atoms with Gasteiger partial charge in [-0.3, -0.25) is 0 Å². The fourth-order valence-corrected chi connectivity index (χ4v) is 16.3. The summed E-state index contributed by atoms with van der Waals surface area (Å²) >= 11 is 22.1. The minimum atomic E-state index is 1.18. The van der Waals surface area contributed by atoms with Gasteiger partial charge in [-0.05, 0) is 62.0 Å². The second-order valence-electron chi connectivity index (χ2n) is 8.51. The Kier molecular flexibility index (Phi) is 13.9. The van der Waals surface area contributed by atoms with Gasteiger partial charge in [0.25, 0.3) is 0 Å². The number of thioether (sulfide) groups is 7. The molecule has 0 aliphatic carbocycles. The molecule has 5 rings (SSSR count). The highest BCUT2D eigenvalue weighted by molar-refractivity contribution is 14.1. The Balaban J connectivity index is 1.45. The number of halogens is 2. The van der Waals surface area contributed by atoms with Crippen molar-refractivity contribution in [1.29, 1.82) is 0 Å². The number of thiophene rings is 1. The monoisotopic (exact) mass is 876 g/mol. The van der Waals surface area contributed by atoms with Crippen LogP contribution in [0.25, 0.3) is 30.9 Å². The normalized spacial score (nSPS) is 18.4. The molecule has 2 bridgehead atoms. The Hall–Kier alpha value is 2.05. The lowest BCUT2D eigenvalue weighted by molar-refractivity contribution is 1.43. The molecule has 0 unspecified atom stereocenters. The average Bonchev–Trinajstić information content (AvgIpc) is 3.31. The molecule has 204 valence electrons. The van der Waals surface area contributed by atoms with E-state index < -0.39 is 0 Å². The van der Waals surface area contributed by atoms with Gasteiger partial charge in [-0.25, -0.2) is 0 Å². The van der Waals surface area contributed by atoms with E-state index in [1.165, 1.54) is 117 Å². The number of fused-ring (bicyclic) bond motifs is 3. The molecule has 0 radical (unpaired) electrons. The zero-order chi connectivity index (χ0) is 26.2.